The lowest BCUT2D eigenvalue weighted by atomic mass is 9.85. The first kappa shape index (κ1) is 13.9. The summed E-state index contributed by atoms with van der Waals surface area (Å²) in [7, 11) is 0. The van der Waals surface area contributed by atoms with Gasteiger partial charge in [0.25, 0.3) is 0 Å². The van der Waals surface area contributed by atoms with Crippen LogP contribution >= 0.6 is 0 Å². The topological polar surface area (TPSA) is 18.5 Å². The second kappa shape index (κ2) is 7.21. The predicted molar refractivity (Wildman–Crippen MR) is 71.4 cm³/mol. The number of allylic oxidation sites excluding steroid dienone is 1. The van der Waals surface area contributed by atoms with Crippen LogP contribution in [-0.2, 0) is 9.47 Å². The van der Waals surface area contributed by atoms with Crippen LogP contribution in [0.3, 0.4) is 0 Å². The third-order valence-corrected chi connectivity index (χ3v) is 3.53. The smallest absolute Gasteiger partial charge is 0.0950 e. The third kappa shape index (κ3) is 4.29. The second-order valence-corrected chi connectivity index (χ2v) is 4.76. The largest absolute Gasteiger partial charge is 0.501 e. The number of ether oxygens (including phenoxy) is 2. The molecule has 0 bridgehead atoms. The number of hydrogen-bond acceptors (Lipinski definition) is 2. The molecule has 0 fully saturated rings. The SMILES string of the molecule is C=COCC1C=CC(C)C1CCC(C)OC=C. The minimum atomic E-state index is 0.251. The average Bonchev–Trinajstić information content (AvgIpc) is 2.65. The Labute approximate surface area is 105 Å². The van der Waals surface area contributed by atoms with Crippen molar-refractivity contribution in [3.8, 4) is 0 Å². The maximum Gasteiger partial charge on any atom is 0.0950 e. The van der Waals surface area contributed by atoms with E-state index in [0.717, 1.165) is 19.4 Å². The first-order valence-electron chi connectivity index (χ1n) is 6.36. The van der Waals surface area contributed by atoms with Crippen LogP contribution < -0.4 is 0 Å². The Balaban J connectivity index is 2.38. The van der Waals surface area contributed by atoms with E-state index < -0.39 is 0 Å². The molecule has 0 saturated heterocycles. The fraction of sp³-hybridized carbons (Fsp3) is 0.600. The second-order valence-electron chi connectivity index (χ2n) is 4.76. The van der Waals surface area contributed by atoms with Crippen LogP contribution in [0, 0.1) is 17.8 Å². The molecule has 1 aliphatic rings. The Morgan fingerprint density at radius 3 is 2.71 bits per heavy atom. The summed E-state index contributed by atoms with van der Waals surface area (Å²) in [5.41, 5.74) is 0. The van der Waals surface area contributed by atoms with Crippen molar-refractivity contribution in [3.05, 3.63) is 37.8 Å². The maximum absolute atomic E-state index is 5.35. The fourth-order valence-corrected chi connectivity index (χ4v) is 2.49. The molecular weight excluding hydrogens is 212 g/mol. The summed E-state index contributed by atoms with van der Waals surface area (Å²) in [6.07, 6.45) is 10.1. The molecule has 0 amide bonds. The van der Waals surface area contributed by atoms with Crippen molar-refractivity contribution in [1.29, 1.82) is 0 Å². The van der Waals surface area contributed by atoms with Gasteiger partial charge in [-0.1, -0.05) is 32.2 Å². The van der Waals surface area contributed by atoms with E-state index in [4.69, 9.17) is 9.47 Å². The third-order valence-electron chi connectivity index (χ3n) is 3.53. The van der Waals surface area contributed by atoms with E-state index in [1.165, 1.54) is 12.5 Å². The summed E-state index contributed by atoms with van der Waals surface area (Å²) in [5, 5.41) is 0. The average molecular weight is 236 g/mol. The standard InChI is InChI=1S/C15H24O2/c1-5-16-11-14-9-7-12(3)15(14)10-8-13(4)17-6-2/h5-7,9,12-15H,1-2,8,10-11H2,3-4H3. The zero-order valence-corrected chi connectivity index (χ0v) is 11.0. The highest BCUT2D eigenvalue weighted by molar-refractivity contribution is 5.05. The molecule has 1 aliphatic carbocycles. The van der Waals surface area contributed by atoms with Gasteiger partial charge in [0.2, 0.25) is 0 Å². The monoisotopic (exact) mass is 236 g/mol. The first-order valence-corrected chi connectivity index (χ1v) is 6.36. The van der Waals surface area contributed by atoms with Crippen molar-refractivity contribution in [1.82, 2.24) is 0 Å². The molecule has 17 heavy (non-hydrogen) atoms. The van der Waals surface area contributed by atoms with Crippen LogP contribution in [0.1, 0.15) is 26.7 Å². The molecule has 0 aromatic heterocycles. The molecule has 0 aromatic rings. The van der Waals surface area contributed by atoms with E-state index in [0.29, 0.717) is 17.8 Å². The zero-order valence-electron chi connectivity index (χ0n) is 11.0. The molecule has 0 radical (unpaired) electrons. The Kier molecular flexibility index (Phi) is 5.88. The molecule has 1 rings (SSSR count). The van der Waals surface area contributed by atoms with Gasteiger partial charge >= 0.3 is 0 Å². The van der Waals surface area contributed by atoms with Crippen LogP contribution in [0.2, 0.25) is 0 Å². The van der Waals surface area contributed by atoms with Crippen LogP contribution in [0.4, 0.5) is 0 Å². The van der Waals surface area contributed by atoms with Crippen molar-refractivity contribution >= 4 is 0 Å². The summed E-state index contributed by atoms with van der Waals surface area (Å²) in [6, 6.07) is 0. The van der Waals surface area contributed by atoms with E-state index in [-0.39, 0.29) is 6.10 Å². The molecule has 0 aliphatic heterocycles. The highest BCUT2D eigenvalue weighted by atomic mass is 16.5. The van der Waals surface area contributed by atoms with Crippen LogP contribution in [0.25, 0.3) is 0 Å². The molecule has 0 saturated carbocycles. The molecule has 4 atom stereocenters. The molecule has 0 heterocycles. The van der Waals surface area contributed by atoms with E-state index in [1.807, 2.05) is 0 Å². The van der Waals surface area contributed by atoms with Crippen molar-refractivity contribution in [2.24, 2.45) is 17.8 Å². The van der Waals surface area contributed by atoms with E-state index in [9.17, 15) is 0 Å². The Bertz CT molecular complexity index is 270. The number of rotatable bonds is 8. The van der Waals surface area contributed by atoms with E-state index in [2.05, 4.69) is 39.2 Å². The fourth-order valence-electron chi connectivity index (χ4n) is 2.49. The van der Waals surface area contributed by atoms with Gasteiger partial charge in [-0.15, -0.1) is 0 Å². The molecule has 2 nitrogen and oxygen atoms in total. The Morgan fingerprint density at radius 2 is 2.06 bits per heavy atom. The molecule has 0 spiro atoms. The van der Waals surface area contributed by atoms with Crippen LogP contribution in [-0.4, -0.2) is 12.7 Å². The van der Waals surface area contributed by atoms with E-state index in [1.54, 1.807) is 0 Å². The van der Waals surface area contributed by atoms with Gasteiger partial charge in [-0.3, -0.25) is 0 Å². The van der Waals surface area contributed by atoms with Crippen molar-refractivity contribution in [3.63, 3.8) is 0 Å². The van der Waals surface area contributed by atoms with Gasteiger partial charge in [0.15, 0.2) is 0 Å². The summed E-state index contributed by atoms with van der Waals surface area (Å²) < 4.78 is 10.7. The van der Waals surface area contributed by atoms with Crippen LogP contribution in [0.5, 0.6) is 0 Å². The first-order chi connectivity index (χ1) is 8.19. The normalized spacial score (nSPS) is 28.7. The van der Waals surface area contributed by atoms with Gasteiger partial charge < -0.3 is 9.47 Å². The highest BCUT2D eigenvalue weighted by Crippen LogP contribution is 2.34. The minimum Gasteiger partial charge on any atom is -0.501 e. The molecule has 2 heteroatoms. The van der Waals surface area contributed by atoms with Gasteiger partial charge in [0.1, 0.15) is 0 Å². The number of hydrogen-bond donors (Lipinski definition) is 0. The van der Waals surface area contributed by atoms with Crippen molar-refractivity contribution < 1.29 is 9.47 Å². The summed E-state index contributed by atoms with van der Waals surface area (Å²) >= 11 is 0. The van der Waals surface area contributed by atoms with Gasteiger partial charge in [0, 0.05) is 5.92 Å². The van der Waals surface area contributed by atoms with Gasteiger partial charge in [-0.05, 0) is 31.6 Å². The lowest BCUT2D eigenvalue weighted by Gasteiger charge is -2.24. The summed E-state index contributed by atoms with van der Waals surface area (Å²) in [5.74, 6) is 1.80. The lowest BCUT2D eigenvalue weighted by molar-refractivity contribution is 0.125. The highest BCUT2D eigenvalue weighted by Gasteiger charge is 2.29. The summed E-state index contributed by atoms with van der Waals surface area (Å²) in [4.78, 5) is 0. The molecular formula is C15H24O2. The molecule has 0 aromatic carbocycles. The quantitative estimate of drug-likeness (QED) is 0.470. The maximum atomic E-state index is 5.35. The Hall–Kier alpha value is -1.18. The van der Waals surface area contributed by atoms with Crippen LogP contribution in [0.15, 0.2) is 37.8 Å². The predicted octanol–water partition coefficient (Wildman–Crippen LogP) is 3.91. The summed E-state index contributed by atoms with van der Waals surface area (Å²) in [6.45, 7) is 12.3. The lowest BCUT2D eigenvalue weighted by Crippen LogP contribution is -2.20. The van der Waals surface area contributed by atoms with E-state index >= 15 is 0 Å². The van der Waals surface area contributed by atoms with Crippen molar-refractivity contribution in [2.75, 3.05) is 6.61 Å². The molecule has 96 valence electrons. The van der Waals surface area contributed by atoms with Crippen molar-refractivity contribution in [2.45, 2.75) is 32.8 Å². The minimum absolute atomic E-state index is 0.251. The van der Waals surface area contributed by atoms with Gasteiger partial charge in [-0.25, -0.2) is 0 Å². The zero-order chi connectivity index (χ0) is 12.7. The van der Waals surface area contributed by atoms with Gasteiger partial charge in [-0.2, -0.15) is 0 Å². The molecule has 0 N–H and O–H groups in total. The Morgan fingerprint density at radius 1 is 1.29 bits per heavy atom. The molecule has 4 unspecified atom stereocenters. The van der Waals surface area contributed by atoms with Gasteiger partial charge in [0.05, 0.1) is 25.2 Å².